The third-order valence-corrected chi connectivity index (χ3v) is 5.78. The standard InChI is InChI=1S/C26H38N6O6/c1-26(2,3)38-24(34)31-14-15-32(25(35)37-17-20-8-5-4-6-9-20)21(16-31)18-36-19-28-10-7-12-30-13-11-29-23(30)22(27)33/h4-6,8-9,11,13,21,28H,7,10,12,14-19H2,1-3H3,(H2,27,33)/t21-/m1/s1. The van der Waals surface area contributed by atoms with Crippen molar-refractivity contribution in [2.24, 2.45) is 5.73 Å². The normalized spacial score (nSPS) is 15.8. The van der Waals surface area contributed by atoms with Crippen molar-refractivity contribution in [1.29, 1.82) is 0 Å². The topological polar surface area (TPSA) is 141 Å². The highest BCUT2D eigenvalue weighted by molar-refractivity contribution is 5.89. The highest BCUT2D eigenvalue weighted by atomic mass is 16.6. The minimum Gasteiger partial charge on any atom is -0.445 e. The third-order valence-electron chi connectivity index (χ3n) is 5.78. The quantitative estimate of drug-likeness (QED) is 0.333. The lowest BCUT2D eigenvalue weighted by Crippen LogP contribution is -2.58. The first-order valence-corrected chi connectivity index (χ1v) is 12.7. The van der Waals surface area contributed by atoms with Crippen molar-refractivity contribution in [3.63, 3.8) is 0 Å². The molecule has 2 heterocycles. The molecule has 1 aliphatic heterocycles. The minimum atomic E-state index is -0.617. The van der Waals surface area contributed by atoms with Crippen LogP contribution in [0.15, 0.2) is 42.7 Å². The monoisotopic (exact) mass is 530 g/mol. The van der Waals surface area contributed by atoms with Gasteiger partial charge in [0.05, 0.1) is 19.4 Å². The number of benzene rings is 1. The molecule has 0 unspecified atom stereocenters. The average molecular weight is 531 g/mol. The molecule has 0 radical (unpaired) electrons. The first-order valence-electron chi connectivity index (χ1n) is 12.7. The molecule has 12 nitrogen and oxygen atoms in total. The van der Waals surface area contributed by atoms with E-state index in [4.69, 9.17) is 19.9 Å². The third kappa shape index (κ3) is 9.03. The Morgan fingerprint density at radius 2 is 1.89 bits per heavy atom. The molecule has 38 heavy (non-hydrogen) atoms. The summed E-state index contributed by atoms with van der Waals surface area (Å²) in [5.41, 5.74) is 5.59. The Labute approximate surface area is 223 Å². The number of nitrogens with one attached hydrogen (secondary N) is 1. The number of primary amides is 1. The molecule has 3 rings (SSSR count). The van der Waals surface area contributed by atoms with Gasteiger partial charge in [0.15, 0.2) is 5.82 Å². The zero-order valence-electron chi connectivity index (χ0n) is 22.3. The lowest BCUT2D eigenvalue weighted by Gasteiger charge is -2.40. The number of rotatable bonds is 11. The summed E-state index contributed by atoms with van der Waals surface area (Å²) in [5, 5.41) is 3.18. The van der Waals surface area contributed by atoms with E-state index in [1.807, 2.05) is 51.1 Å². The summed E-state index contributed by atoms with van der Waals surface area (Å²) in [5.74, 6) is -0.335. The van der Waals surface area contributed by atoms with E-state index in [0.29, 0.717) is 26.2 Å². The van der Waals surface area contributed by atoms with Gasteiger partial charge in [-0.15, -0.1) is 0 Å². The van der Waals surface area contributed by atoms with Crippen LogP contribution >= 0.6 is 0 Å². The maximum Gasteiger partial charge on any atom is 0.410 e. The Morgan fingerprint density at radius 1 is 1.13 bits per heavy atom. The van der Waals surface area contributed by atoms with E-state index < -0.39 is 29.7 Å². The number of nitrogens with zero attached hydrogens (tertiary/aromatic N) is 4. The summed E-state index contributed by atoms with van der Waals surface area (Å²) in [6.45, 7) is 8.20. The van der Waals surface area contributed by atoms with Gasteiger partial charge in [0.25, 0.3) is 5.91 Å². The number of hydrogen-bond acceptors (Lipinski definition) is 8. The molecule has 1 atom stereocenters. The first kappa shape index (κ1) is 28.9. The predicted molar refractivity (Wildman–Crippen MR) is 139 cm³/mol. The second kappa shape index (κ2) is 13.8. The van der Waals surface area contributed by atoms with E-state index in [0.717, 1.165) is 12.0 Å². The number of nitrogens with two attached hydrogens (primary N) is 1. The lowest BCUT2D eigenvalue weighted by molar-refractivity contribution is -0.0179. The van der Waals surface area contributed by atoms with Crippen LogP contribution < -0.4 is 11.1 Å². The number of imidazole rings is 1. The Kier molecular flexibility index (Phi) is 10.5. The van der Waals surface area contributed by atoms with Crippen molar-refractivity contribution < 1.29 is 28.6 Å². The highest BCUT2D eigenvalue weighted by Gasteiger charge is 2.35. The molecule has 208 valence electrons. The Balaban J connectivity index is 1.48. The molecular weight excluding hydrogens is 492 g/mol. The molecule has 0 saturated carbocycles. The predicted octanol–water partition coefficient (Wildman–Crippen LogP) is 2.19. The van der Waals surface area contributed by atoms with Gasteiger partial charge in [-0.05, 0) is 39.3 Å². The molecule has 3 N–H and O–H groups in total. The van der Waals surface area contributed by atoms with Crippen LogP contribution in [0.5, 0.6) is 0 Å². The zero-order chi connectivity index (χ0) is 27.5. The molecule has 1 aliphatic rings. The maximum absolute atomic E-state index is 12.9. The van der Waals surface area contributed by atoms with Crippen LogP contribution in [0.4, 0.5) is 9.59 Å². The fraction of sp³-hybridized carbons (Fsp3) is 0.538. The van der Waals surface area contributed by atoms with Gasteiger partial charge in [0.1, 0.15) is 12.2 Å². The van der Waals surface area contributed by atoms with Gasteiger partial charge in [-0.1, -0.05) is 30.3 Å². The number of piperazine rings is 1. The average Bonchev–Trinajstić information content (AvgIpc) is 3.35. The summed E-state index contributed by atoms with van der Waals surface area (Å²) in [4.78, 5) is 44.1. The smallest absolute Gasteiger partial charge is 0.410 e. The molecule has 0 bridgehead atoms. The van der Waals surface area contributed by atoms with Crippen molar-refractivity contribution in [1.82, 2.24) is 24.7 Å². The van der Waals surface area contributed by atoms with Crippen molar-refractivity contribution in [3.8, 4) is 0 Å². The number of hydrogen-bond donors (Lipinski definition) is 2. The van der Waals surface area contributed by atoms with E-state index in [2.05, 4.69) is 10.3 Å². The van der Waals surface area contributed by atoms with Crippen LogP contribution in [0.3, 0.4) is 0 Å². The van der Waals surface area contributed by atoms with Gasteiger partial charge in [0.2, 0.25) is 0 Å². The van der Waals surface area contributed by atoms with E-state index in [-0.39, 0.29) is 32.3 Å². The van der Waals surface area contributed by atoms with Crippen molar-refractivity contribution in [2.75, 3.05) is 39.5 Å². The second-order valence-corrected chi connectivity index (χ2v) is 9.99. The van der Waals surface area contributed by atoms with Crippen LogP contribution in [0.1, 0.15) is 43.4 Å². The number of carbonyl (C=O) groups is 3. The Hall–Kier alpha value is -3.64. The SMILES string of the molecule is CC(C)(C)OC(=O)N1CCN(C(=O)OCc2ccccc2)[C@@H](COCNCCCn2ccnc2C(N)=O)C1. The van der Waals surface area contributed by atoms with Crippen LogP contribution in [-0.2, 0) is 27.4 Å². The largest absolute Gasteiger partial charge is 0.445 e. The van der Waals surface area contributed by atoms with Crippen LogP contribution in [0, 0.1) is 0 Å². The van der Waals surface area contributed by atoms with Crippen LogP contribution in [-0.4, -0.2) is 88.6 Å². The summed E-state index contributed by atoms with van der Waals surface area (Å²) in [7, 11) is 0. The molecule has 0 aliphatic carbocycles. The number of amides is 3. The van der Waals surface area contributed by atoms with Gasteiger partial charge in [-0.2, -0.15) is 0 Å². The molecule has 1 saturated heterocycles. The van der Waals surface area contributed by atoms with E-state index in [1.165, 1.54) is 6.20 Å². The highest BCUT2D eigenvalue weighted by Crippen LogP contribution is 2.17. The molecule has 1 fully saturated rings. The fourth-order valence-corrected chi connectivity index (χ4v) is 3.96. The molecule has 1 aromatic carbocycles. The van der Waals surface area contributed by atoms with Gasteiger partial charge in [-0.25, -0.2) is 14.6 Å². The molecule has 12 heteroatoms. The summed E-state index contributed by atoms with van der Waals surface area (Å²) >= 11 is 0. The zero-order valence-corrected chi connectivity index (χ0v) is 22.3. The van der Waals surface area contributed by atoms with Crippen molar-refractivity contribution >= 4 is 18.1 Å². The van der Waals surface area contributed by atoms with Crippen LogP contribution in [0.25, 0.3) is 0 Å². The van der Waals surface area contributed by atoms with Crippen LogP contribution in [0.2, 0.25) is 0 Å². The molecule has 2 aromatic rings. The molecule has 0 spiro atoms. The van der Waals surface area contributed by atoms with E-state index in [9.17, 15) is 14.4 Å². The molecular formula is C26H38N6O6. The number of aryl methyl sites for hydroxylation is 1. The lowest BCUT2D eigenvalue weighted by atomic mass is 10.2. The number of aromatic nitrogens is 2. The summed E-state index contributed by atoms with van der Waals surface area (Å²) < 4.78 is 18.6. The van der Waals surface area contributed by atoms with Gasteiger partial charge >= 0.3 is 12.2 Å². The fourth-order valence-electron chi connectivity index (χ4n) is 3.96. The van der Waals surface area contributed by atoms with Gasteiger partial charge in [-0.3, -0.25) is 15.0 Å². The minimum absolute atomic E-state index is 0.162. The second-order valence-electron chi connectivity index (χ2n) is 9.99. The van der Waals surface area contributed by atoms with E-state index in [1.54, 1.807) is 20.6 Å². The number of carbonyl (C=O) groups excluding carboxylic acids is 3. The van der Waals surface area contributed by atoms with E-state index >= 15 is 0 Å². The Morgan fingerprint density at radius 3 is 2.61 bits per heavy atom. The van der Waals surface area contributed by atoms with Crippen molar-refractivity contribution in [3.05, 3.63) is 54.1 Å². The van der Waals surface area contributed by atoms with Crippen molar-refractivity contribution in [2.45, 2.75) is 52.0 Å². The molecule has 1 aromatic heterocycles. The summed E-state index contributed by atoms with van der Waals surface area (Å²) in [6.07, 6.45) is 3.10. The first-order chi connectivity index (χ1) is 18.1. The summed E-state index contributed by atoms with van der Waals surface area (Å²) in [6, 6.07) is 9.06. The maximum atomic E-state index is 12.9. The molecule has 3 amide bonds. The van der Waals surface area contributed by atoms with Gasteiger partial charge in [0, 0.05) is 38.6 Å². The number of ether oxygens (including phenoxy) is 3. The van der Waals surface area contributed by atoms with Gasteiger partial charge < -0.3 is 29.4 Å². The Bertz CT molecular complexity index is 1050.